The van der Waals surface area contributed by atoms with Gasteiger partial charge in [-0.3, -0.25) is 0 Å². The second kappa shape index (κ2) is 5.49. The first kappa shape index (κ1) is 12.9. The Balaban J connectivity index is 1.82. The third kappa shape index (κ3) is 2.76. The average Bonchev–Trinajstić information content (AvgIpc) is 2.37. The lowest BCUT2D eigenvalue weighted by Gasteiger charge is -2.35. The van der Waals surface area contributed by atoms with Crippen LogP contribution in [0.2, 0.25) is 5.28 Å². The van der Waals surface area contributed by atoms with Crippen molar-refractivity contribution >= 4 is 23.5 Å². The van der Waals surface area contributed by atoms with E-state index < -0.39 is 0 Å². The number of aromatic nitrogens is 3. The summed E-state index contributed by atoms with van der Waals surface area (Å²) in [5.41, 5.74) is 0. The van der Waals surface area contributed by atoms with Gasteiger partial charge in [-0.25, -0.2) is 0 Å². The minimum absolute atomic E-state index is 0.303. The van der Waals surface area contributed by atoms with E-state index in [1.807, 2.05) is 0 Å². The Bertz CT molecular complexity index is 422. The van der Waals surface area contributed by atoms with Crippen molar-refractivity contribution in [3.8, 4) is 0 Å². The van der Waals surface area contributed by atoms with Crippen LogP contribution in [0.15, 0.2) is 0 Å². The molecule has 104 valence electrons. The summed E-state index contributed by atoms with van der Waals surface area (Å²) in [6.45, 7) is 2.04. The SMILES string of the molecule is CN(c1nc(Cl)nc(N2CCCCC2)n1)C1CCC1. The van der Waals surface area contributed by atoms with Crippen molar-refractivity contribution in [1.82, 2.24) is 15.0 Å². The summed E-state index contributed by atoms with van der Waals surface area (Å²) in [5.74, 6) is 1.45. The smallest absolute Gasteiger partial charge is 0.231 e. The third-order valence-electron chi connectivity index (χ3n) is 4.16. The molecule has 1 aromatic heterocycles. The molecule has 1 aliphatic carbocycles. The van der Waals surface area contributed by atoms with E-state index in [2.05, 4.69) is 31.8 Å². The van der Waals surface area contributed by atoms with Gasteiger partial charge in [-0.05, 0) is 50.1 Å². The van der Waals surface area contributed by atoms with Crippen molar-refractivity contribution < 1.29 is 0 Å². The number of piperidine rings is 1. The first-order valence-electron chi connectivity index (χ1n) is 7.13. The van der Waals surface area contributed by atoms with Crippen LogP contribution in [0.5, 0.6) is 0 Å². The molecule has 1 aliphatic heterocycles. The van der Waals surface area contributed by atoms with Crippen molar-refractivity contribution in [2.45, 2.75) is 44.6 Å². The van der Waals surface area contributed by atoms with Gasteiger partial charge in [0.15, 0.2) is 0 Å². The van der Waals surface area contributed by atoms with Gasteiger partial charge in [0, 0.05) is 26.2 Å². The standard InChI is InChI=1S/C13H20ClN5/c1-18(10-6-5-7-10)12-15-11(14)16-13(17-12)19-8-3-2-4-9-19/h10H,2-9H2,1H3. The van der Waals surface area contributed by atoms with Crippen LogP contribution in [-0.2, 0) is 0 Å². The van der Waals surface area contributed by atoms with Crippen LogP contribution >= 0.6 is 11.6 Å². The van der Waals surface area contributed by atoms with Gasteiger partial charge < -0.3 is 9.80 Å². The van der Waals surface area contributed by atoms with E-state index in [-0.39, 0.29) is 0 Å². The fourth-order valence-electron chi connectivity index (χ4n) is 2.66. The van der Waals surface area contributed by atoms with Crippen molar-refractivity contribution in [1.29, 1.82) is 0 Å². The molecule has 0 unspecified atom stereocenters. The zero-order chi connectivity index (χ0) is 13.2. The predicted molar refractivity (Wildman–Crippen MR) is 76.9 cm³/mol. The lowest BCUT2D eigenvalue weighted by atomic mass is 9.92. The molecule has 0 aromatic carbocycles. The second-order valence-electron chi connectivity index (χ2n) is 5.45. The Kier molecular flexibility index (Phi) is 3.73. The number of rotatable bonds is 3. The van der Waals surface area contributed by atoms with E-state index in [4.69, 9.17) is 11.6 Å². The molecule has 0 bridgehead atoms. The number of anilines is 2. The lowest BCUT2D eigenvalue weighted by Crippen LogP contribution is -2.39. The molecule has 2 heterocycles. The molecule has 2 aliphatic rings. The molecular formula is C13H20ClN5. The van der Waals surface area contributed by atoms with E-state index in [1.54, 1.807) is 0 Å². The maximum absolute atomic E-state index is 6.06. The molecule has 1 saturated carbocycles. The molecule has 0 N–H and O–H groups in total. The van der Waals surface area contributed by atoms with Crippen LogP contribution in [0.1, 0.15) is 38.5 Å². The molecule has 1 saturated heterocycles. The average molecular weight is 282 g/mol. The first-order chi connectivity index (χ1) is 9.24. The van der Waals surface area contributed by atoms with Gasteiger partial charge in [-0.2, -0.15) is 15.0 Å². The quantitative estimate of drug-likeness (QED) is 0.852. The van der Waals surface area contributed by atoms with E-state index in [0.717, 1.165) is 19.0 Å². The van der Waals surface area contributed by atoms with Gasteiger partial charge in [-0.1, -0.05) is 0 Å². The molecule has 19 heavy (non-hydrogen) atoms. The van der Waals surface area contributed by atoms with Gasteiger partial charge in [0.2, 0.25) is 17.2 Å². The first-order valence-corrected chi connectivity index (χ1v) is 7.51. The van der Waals surface area contributed by atoms with Crippen molar-refractivity contribution in [2.24, 2.45) is 0 Å². The zero-order valence-corrected chi connectivity index (χ0v) is 12.1. The number of hydrogen-bond acceptors (Lipinski definition) is 5. The second-order valence-corrected chi connectivity index (χ2v) is 5.79. The molecule has 1 aromatic rings. The highest BCUT2D eigenvalue weighted by molar-refractivity contribution is 6.28. The molecule has 0 spiro atoms. The summed E-state index contributed by atoms with van der Waals surface area (Å²) < 4.78 is 0. The van der Waals surface area contributed by atoms with Crippen molar-refractivity contribution in [3.63, 3.8) is 0 Å². The number of nitrogens with zero attached hydrogens (tertiary/aromatic N) is 5. The summed E-state index contributed by atoms with van der Waals surface area (Å²) in [7, 11) is 2.05. The lowest BCUT2D eigenvalue weighted by molar-refractivity contribution is 0.397. The summed E-state index contributed by atoms with van der Waals surface area (Å²) in [6.07, 6.45) is 7.45. The minimum Gasteiger partial charge on any atom is -0.341 e. The fraction of sp³-hybridized carbons (Fsp3) is 0.769. The van der Waals surface area contributed by atoms with Crippen LogP contribution in [0.3, 0.4) is 0 Å². The molecular weight excluding hydrogens is 262 g/mol. The summed E-state index contributed by atoms with van der Waals surface area (Å²) in [6, 6.07) is 0.563. The monoisotopic (exact) mass is 281 g/mol. The summed E-state index contributed by atoms with van der Waals surface area (Å²) >= 11 is 6.06. The van der Waals surface area contributed by atoms with Crippen LogP contribution in [0.4, 0.5) is 11.9 Å². The normalized spacial score (nSPS) is 20.2. The van der Waals surface area contributed by atoms with Crippen molar-refractivity contribution in [2.75, 3.05) is 29.9 Å². The highest BCUT2D eigenvalue weighted by Gasteiger charge is 2.25. The molecule has 0 amide bonds. The van der Waals surface area contributed by atoms with Gasteiger partial charge in [0.25, 0.3) is 0 Å². The molecule has 0 radical (unpaired) electrons. The van der Waals surface area contributed by atoms with Gasteiger partial charge in [0.05, 0.1) is 0 Å². The van der Waals surface area contributed by atoms with Crippen molar-refractivity contribution in [3.05, 3.63) is 5.28 Å². The van der Waals surface area contributed by atoms with Crippen LogP contribution in [-0.4, -0.2) is 41.1 Å². The topological polar surface area (TPSA) is 45.2 Å². The molecule has 6 heteroatoms. The third-order valence-corrected chi connectivity index (χ3v) is 4.33. The minimum atomic E-state index is 0.303. The van der Waals surface area contributed by atoms with E-state index >= 15 is 0 Å². The summed E-state index contributed by atoms with van der Waals surface area (Å²) in [5, 5.41) is 0.303. The molecule has 0 atom stereocenters. The highest BCUT2D eigenvalue weighted by atomic mass is 35.5. The maximum atomic E-state index is 6.06. The Morgan fingerprint density at radius 1 is 1.05 bits per heavy atom. The van der Waals surface area contributed by atoms with Gasteiger partial charge in [0.1, 0.15) is 0 Å². The Hall–Kier alpha value is -1.10. The van der Waals surface area contributed by atoms with Crippen LogP contribution in [0.25, 0.3) is 0 Å². The Morgan fingerprint density at radius 2 is 1.79 bits per heavy atom. The highest BCUT2D eigenvalue weighted by Crippen LogP contribution is 2.27. The Labute approximate surface area is 119 Å². The fourth-order valence-corrected chi connectivity index (χ4v) is 2.81. The van der Waals surface area contributed by atoms with Crippen LogP contribution in [0, 0.1) is 0 Å². The summed E-state index contributed by atoms with van der Waals surface area (Å²) in [4.78, 5) is 17.5. The van der Waals surface area contributed by atoms with Gasteiger partial charge in [-0.15, -0.1) is 0 Å². The number of hydrogen-bond donors (Lipinski definition) is 0. The maximum Gasteiger partial charge on any atom is 0.231 e. The number of halogens is 1. The van der Waals surface area contributed by atoms with E-state index in [0.29, 0.717) is 17.3 Å². The Morgan fingerprint density at radius 3 is 2.42 bits per heavy atom. The van der Waals surface area contributed by atoms with E-state index in [9.17, 15) is 0 Å². The molecule has 2 fully saturated rings. The van der Waals surface area contributed by atoms with Crippen LogP contribution < -0.4 is 9.80 Å². The molecule has 5 nitrogen and oxygen atoms in total. The van der Waals surface area contributed by atoms with E-state index in [1.165, 1.54) is 38.5 Å². The van der Waals surface area contributed by atoms with Gasteiger partial charge >= 0.3 is 0 Å². The zero-order valence-electron chi connectivity index (χ0n) is 11.3. The molecule has 3 rings (SSSR count). The predicted octanol–water partition coefficient (Wildman–Crippen LogP) is 2.50. The largest absolute Gasteiger partial charge is 0.341 e.